The zero-order chi connectivity index (χ0) is 27.6. The molecule has 0 aliphatic heterocycles. The van der Waals surface area contributed by atoms with Crippen LogP contribution < -0.4 is 10.2 Å². The number of carbonyl (C=O) groups excluding carboxylic acids is 2. The van der Waals surface area contributed by atoms with Crippen LogP contribution in [0.25, 0.3) is 0 Å². The summed E-state index contributed by atoms with van der Waals surface area (Å²) in [5.41, 5.74) is 7.46. The van der Waals surface area contributed by atoms with E-state index in [-0.39, 0.29) is 24.3 Å². The van der Waals surface area contributed by atoms with Crippen molar-refractivity contribution in [1.29, 1.82) is 0 Å². The van der Waals surface area contributed by atoms with Crippen molar-refractivity contribution in [3.8, 4) is 5.75 Å². The van der Waals surface area contributed by atoms with E-state index in [1.54, 1.807) is 24.1 Å². The Morgan fingerprint density at radius 3 is 2.00 bits per heavy atom. The molecule has 39 heavy (non-hydrogen) atoms. The van der Waals surface area contributed by atoms with Crippen LogP contribution in [0.3, 0.4) is 0 Å². The topological polar surface area (TPSA) is 67.9 Å². The highest BCUT2D eigenvalue weighted by Crippen LogP contribution is 2.27. The number of amides is 2. The Balaban J connectivity index is 1.38. The zero-order valence-corrected chi connectivity index (χ0v) is 22.6. The van der Waals surface area contributed by atoms with Crippen molar-refractivity contribution in [3.05, 3.63) is 137 Å². The number of hydrogen-bond donors (Lipinski definition) is 1. The van der Waals surface area contributed by atoms with E-state index in [2.05, 4.69) is 19.3 Å². The van der Waals surface area contributed by atoms with Crippen LogP contribution in [0.2, 0.25) is 0 Å². The molecule has 0 saturated heterocycles. The summed E-state index contributed by atoms with van der Waals surface area (Å²) < 4.78 is 6.08. The molecule has 2 amide bonds. The molecule has 0 fully saturated rings. The van der Waals surface area contributed by atoms with Crippen LogP contribution in [-0.4, -0.2) is 23.8 Å². The average Bonchev–Trinajstić information content (AvgIpc) is 2.97. The molecule has 0 radical (unpaired) electrons. The van der Waals surface area contributed by atoms with Crippen LogP contribution in [0.4, 0.5) is 0 Å². The monoisotopic (exact) mass is 522 g/mol. The van der Waals surface area contributed by atoms with Gasteiger partial charge in [0.1, 0.15) is 12.4 Å². The van der Waals surface area contributed by atoms with Crippen molar-refractivity contribution in [2.75, 3.05) is 7.05 Å². The van der Waals surface area contributed by atoms with Gasteiger partial charge in [0, 0.05) is 19.2 Å². The largest absolute Gasteiger partial charge is 0.488 e. The maximum absolute atomic E-state index is 13.5. The SMILES string of the molecule is CC(C)c1ccc(OCc2ccccc2)c(C(=O)N(C)Cc2ccc(C(=O)NOCc3ccccc3)cc2)c1. The summed E-state index contributed by atoms with van der Waals surface area (Å²) in [5.74, 6) is 0.382. The smallest absolute Gasteiger partial charge is 0.274 e. The van der Waals surface area contributed by atoms with Crippen LogP contribution in [0.5, 0.6) is 5.75 Å². The predicted octanol–water partition coefficient (Wildman–Crippen LogP) is 6.52. The lowest BCUT2D eigenvalue weighted by Gasteiger charge is -2.21. The average molecular weight is 523 g/mol. The first-order valence-corrected chi connectivity index (χ1v) is 13.0. The number of hydrogen-bond acceptors (Lipinski definition) is 4. The summed E-state index contributed by atoms with van der Waals surface area (Å²) >= 11 is 0. The number of carbonyl (C=O) groups is 2. The fraction of sp³-hybridized carbons (Fsp3) is 0.212. The molecular weight excluding hydrogens is 488 g/mol. The Kier molecular flexibility index (Phi) is 9.48. The van der Waals surface area contributed by atoms with E-state index < -0.39 is 0 Å². The maximum Gasteiger partial charge on any atom is 0.274 e. The molecule has 4 aromatic rings. The van der Waals surface area contributed by atoms with Gasteiger partial charge in [0.2, 0.25) is 0 Å². The first kappa shape index (κ1) is 27.6. The van der Waals surface area contributed by atoms with Crippen LogP contribution in [0.1, 0.15) is 62.7 Å². The molecule has 6 nitrogen and oxygen atoms in total. The molecule has 1 N–H and O–H groups in total. The number of hydroxylamine groups is 1. The fourth-order valence-electron chi connectivity index (χ4n) is 4.07. The van der Waals surface area contributed by atoms with Crippen molar-refractivity contribution < 1.29 is 19.2 Å². The van der Waals surface area contributed by atoms with E-state index in [1.165, 1.54) is 0 Å². The molecule has 6 heteroatoms. The predicted molar refractivity (Wildman–Crippen MR) is 152 cm³/mol. The van der Waals surface area contributed by atoms with E-state index in [0.29, 0.717) is 30.0 Å². The van der Waals surface area contributed by atoms with Crippen molar-refractivity contribution in [2.24, 2.45) is 0 Å². The van der Waals surface area contributed by atoms with Gasteiger partial charge in [0.25, 0.3) is 11.8 Å². The number of nitrogens with zero attached hydrogens (tertiary/aromatic N) is 1. The molecule has 0 saturated carbocycles. The first-order chi connectivity index (χ1) is 18.9. The number of ether oxygens (including phenoxy) is 1. The van der Waals surface area contributed by atoms with Crippen LogP contribution in [0, 0.1) is 0 Å². The molecule has 0 atom stereocenters. The normalized spacial score (nSPS) is 10.8. The Bertz CT molecular complexity index is 1370. The van der Waals surface area contributed by atoms with Crippen LogP contribution in [0.15, 0.2) is 103 Å². The second kappa shape index (κ2) is 13.4. The highest BCUT2D eigenvalue weighted by atomic mass is 16.6. The summed E-state index contributed by atoms with van der Waals surface area (Å²) in [6.07, 6.45) is 0. The lowest BCUT2D eigenvalue weighted by molar-refractivity contribution is 0.0233. The lowest BCUT2D eigenvalue weighted by Crippen LogP contribution is -2.27. The third-order valence-electron chi connectivity index (χ3n) is 6.37. The maximum atomic E-state index is 13.5. The first-order valence-electron chi connectivity index (χ1n) is 13.0. The molecule has 0 heterocycles. The number of benzene rings is 4. The van der Waals surface area contributed by atoms with Crippen molar-refractivity contribution in [1.82, 2.24) is 10.4 Å². The number of nitrogens with one attached hydrogen (secondary N) is 1. The molecule has 0 bridgehead atoms. The van der Waals surface area contributed by atoms with Crippen LogP contribution >= 0.6 is 0 Å². The van der Waals surface area contributed by atoms with Gasteiger partial charge >= 0.3 is 0 Å². The van der Waals surface area contributed by atoms with Gasteiger partial charge in [0.15, 0.2) is 0 Å². The minimum Gasteiger partial charge on any atom is -0.488 e. The van der Waals surface area contributed by atoms with Gasteiger partial charge in [-0.3, -0.25) is 14.4 Å². The third kappa shape index (κ3) is 7.79. The molecule has 0 spiro atoms. The van der Waals surface area contributed by atoms with E-state index in [9.17, 15) is 9.59 Å². The van der Waals surface area contributed by atoms with Crippen molar-refractivity contribution in [3.63, 3.8) is 0 Å². The van der Waals surface area contributed by atoms with E-state index in [0.717, 1.165) is 22.3 Å². The van der Waals surface area contributed by atoms with Crippen molar-refractivity contribution >= 4 is 11.8 Å². The molecular formula is C33H34N2O4. The Morgan fingerprint density at radius 2 is 1.38 bits per heavy atom. The molecule has 4 rings (SSSR count). The van der Waals surface area contributed by atoms with Gasteiger partial charge in [-0.15, -0.1) is 0 Å². The zero-order valence-electron chi connectivity index (χ0n) is 22.6. The quantitative estimate of drug-likeness (QED) is 0.228. The van der Waals surface area contributed by atoms with Gasteiger partial charge in [0.05, 0.1) is 12.2 Å². The summed E-state index contributed by atoms with van der Waals surface area (Å²) in [7, 11) is 1.77. The molecule has 0 aliphatic rings. The van der Waals surface area contributed by atoms with E-state index >= 15 is 0 Å². The standard InChI is InChI=1S/C33H34N2O4/c1-24(2)29-18-19-31(38-22-26-10-6-4-7-11-26)30(20-29)33(37)35(3)21-25-14-16-28(17-15-25)32(36)34-39-23-27-12-8-5-9-13-27/h4-20,24H,21-23H2,1-3H3,(H,34,36). The van der Waals surface area contributed by atoms with Crippen LogP contribution in [-0.2, 0) is 24.6 Å². The Hall–Kier alpha value is -4.42. The highest BCUT2D eigenvalue weighted by molar-refractivity contribution is 5.97. The van der Waals surface area contributed by atoms with Gasteiger partial charge in [-0.05, 0) is 52.4 Å². The fourth-order valence-corrected chi connectivity index (χ4v) is 4.07. The summed E-state index contributed by atoms with van der Waals surface area (Å²) in [4.78, 5) is 33.0. The minimum atomic E-state index is -0.326. The third-order valence-corrected chi connectivity index (χ3v) is 6.37. The molecule has 0 unspecified atom stereocenters. The summed E-state index contributed by atoms with van der Waals surface area (Å²) in [6.45, 7) is 5.25. The Morgan fingerprint density at radius 1 is 0.769 bits per heavy atom. The van der Waals surface area contributed by atoms with E-state index in [4.69, 9.17) is 9.57 Å². The Labute approximate surface area is 230 Å². The van der Waals surface area contributed by atoms with Gasteiger partial charge < -0.3 is 9.64 Å². The summed E-state index contributed by atoms with van der Waals surface area (Å²) in [5, 5.41) is 0. The van der Waals surface area contributed by atoms with Gasteiger partial charge in [-0.25, -0.2) is 5.48 Å². The molecule has 0 aliphatic carbocycles. The van der Waals surface area contributed by atoms with E-state index in [1.807, 2.05) is 91.0 Å². The molecule has 200 valence electrons. The number of rotatable bonds is 11. The molecule has 0 aromatic heterocycles. The highest BCUT2D eigenvalue weighted by Gasteiger charge is 2.19. The second-order valence-corrected chi connectivity index (χ2v) is 9.75. The van der Waals surface area contributed by atoms with Gasteiger partial charge in [-0.1, -0.05) is 92.7 Å². The molecule has 4 aromatic carbocycles. The second-order valence-electron chi connectivity index (χ2n) is 9.75. The van der Waals surface area contributed by atoms with Crippen molar-refractivity contribution in [2.45, 2.75) is 39.5 Å². The van der Waals surface area contributed by atoms with Gasteiger partial charge in [-0.2, -0.15) is 0 Å². The lowest BCUT2D eigenvalue weighted by atomic mass is 9.99. The summed E-state index contributed by atoms with van der Waals surface area (Å²) in [6, 6.07) is 32.4. The minimum absolute atomic E-state index is 0.128.